The smallest absolute Gasteiger partial charge is 0.261 e. The molecule has 1 aliphatic heterocycles. The van der Waals surface area contributed by atoms with Crippen LogP contribution in [-0.4, -0.2) is 41.7 Å². The van der Waals surface area contributed by atoms with Crippen LogP contribution >= 0.6 is 11.3 Å². The minimum Gasteiger partial charge on any atom is -0.347 e. The van der Waals surface area contributed by atoms with Crippen molar-refractivity contribution in [2.24, 2.45) is 0 Å². The molecule has 174 valence electrons. The van der Waals surface area contributed by atoms with E-state index >= 15 is 0 Å². The number of carbonyl (C=O) groups excluding carboxylic acids is 1. The molecule has 9 heteroatoms. The SMILES string of the molecule is Cc1nc(C2CC2)nc2sc(C(=O)NCc3ccccc3S(=O)(=O)N3CCCCC3)c(C)c12. The third-order valence-electron chi connectivity index (χ3n) is 6.48. The molecule has 3 heterocycles. The Kier molecular flexibility index (Phi) is 5.96. The zero-order valence-corrected chi connectivity index (χ0v) is 20.6. The molecule has 1 amide bonds. The van der Waals surface area contributed by atoms with Crippen LogP contribution in [0.15, 0.2) is 29.2 Å². The van der Waals surface area contributed by atoms with Crippen LogP contribution < -0.4 is 5.32 Å². The van der Waals surface area contributed by atoms with Gasteiger partial charge in [-0.15, -0.1) is 11.3 Å². The van der Waals surface area contributed by atoms with Gasteiger partial charge in [0.05, 0.1) is 15.5 Å². The Balaban J connectivity index is 1.38. The molecular weight excluding hydrogens is 456 g/mol. The maximum absolute atomic E-state index is 13.2. The monoisotopic (exact) mass is 484 g/mol. The topological polar surface area (TPSA) is 92.3 Å². The van der Waals surface area contributed by atoms with Crippen molar-refractivity contribution < 1.29 is 13.2 Å². The van der Waals surface area contributed by atoms with Crippen LogP contribution in [-0.2, 0) is 16.6 Å². The number of fused-ring (bicyclic) bond motifs is 1. The number of piperidine rings is 1. The first-order valence-corrected chi connectivity index (χ1v) is 13.8. The standard InChI is InChI=1S/C24H28N4O3S2/c1-15-20-16(2)26-22(17-10-11-17)27-24(20)32-21(15)23(29)25-14-18-8-4-5-9-19(18)33(30,31)28-12-6-3-7-13-28/h4-5,8-9,17H,3,6-7,10-14H2,1-2H3,(H,25,29). The number of sulfonamides is 1. The number of thiophene rings is 1. The molecule has 3 aromatic rings. The largest absolute Gasteiger partial charge is 0.347 e. The molecular formula is C24H28N4O3S2. The summed E-state index contributed by atoms with van der Waals surface area (Å²) in [6.07, 6.45) is 5.08. The summed E-state index contributed by atoms with van der Waals surface area (Å²) >= 11 is 1.38. The highest BCUT2D eigenvalue weighted by molar-refractivity contribution is 7.89. The summed E-state index contributed by atoms with van der Waals surface area (Å²) in [7, 11) is -3.58. The van der Waals surface area contributed by atoms with Gasteiger partial charge in [0.25, 0.3) is 5.91 Å². The molecule has 0 unspecified atom stereocenters. The molecule has 0 spiro atoms. The number of amides is 1. The maximum Gasteiger partial charge on any atom is 0.261 e. The van der Waals surface area contributed by atoms with E-state index in [9.17, 15) is 13.2 Å². The number of hydrogen-bond donors (Lipinski definition) is 1. The van der Waals surface area contributed by atoms with Crippen molar-refractivity contribution in [3.05, 3.63) is 51.8 Å². The maximum atomic E-state index is 13.2. The van der Waals surface area contributed by atoms with Gasteiger partial charge in [0, 0.05) is 30.9 Å². The first-order valence-electron chi connectivity index (χ1n) is 11.5. The van der Waals surface area contributed by atoms with E-state index < -0.39 is 10.0 Å². The van der Waals surface area contributed by atoms with Crippen molar-refractivity contribution >= 4 is 37.5 Å². The van der Waals surface area contributed by atoms with E-state index in [4.69, 9.17) is 4.98 Å². The van der Waals surface area contributed by atoms with E-state index in [1.54, 1.807) is 28.6 Å². The van der Waals surface area contributed by atoms with Crippen molar-refractivity contribution in [1.29, 1.82) is 0 Å². The van der Waals surface area contributed by atoms with Gasteiger partial charge in [-0.25, -0.2) is 18.4 Å². The number of aromatic nitrogens is 2. The summed E-state index contributed by atoms with van der Waals surface area (Å²) in [5, 5.41) is 3.89. The second-order valence-electron chi connectivity index (χ2n) is 8.93. The van der Waals surface area contributed by atoms with Crippen LogP contribution in [0.2, 0.25) is 0 Å². The van der Waals surface area contributed by atoms with E-state index in [0.29, 0.717) is 29.4 Å². The van der Waals surface area contributed by atoms with E-state index in [-0.39, 0.29) is 17.3 Å². The lowest BCUT2D eigenvalue weighted by Gasteiger charge is -2.26. The van der Waals surface area contributed by atoms with Gasteiger partial charge in [0.15, 0.2) is 0 Å². The fourth-order valence-corrected chi connectivity index (χ4v) is 7.40. The van der Waals surface area contributed by atoms with Crippen LogP contribution in [0.1, 0.15) is 70.3 Å². The zero-order chi connectivity index (χ0) is 23.2. The molecule has 1 N–H and O–H groups in total. The normalized spacial score (nSPS) is 17.4. The number of carbonyl (C=O) groups is 1. The Morgan fingerprint density at radius 1 is 1.12 bits per heavy atom. The van der Waals surface area contributed by atoms with Crippen molar-refractivity contribution in [2.75, 3.05) is 13.1 Å². The van der Waals surface area contributed by atoms with Crippen molar-refractivity contribution in [3.8, 4) is 0 Å². The third kappa shape index (κ3) is 4.29. The molecule has 0 atom stereocenters. The fraction of sp³-hybridized carbons (Fsp3) is 0.458. The molecule has 2 aromatic heterocycles. The molecule has 0 bridgehead atoms. The second-order valence-corrected chi connectivity index (χ2v) is 11.8. The minimum atomic E-state index is -3.58. The summed E-state index contributed by atoms with van der Waals surface area (Å²) in [6.45, 7) is 5.14. The second kappa shape index (κ2) is 8.77. The Labute approximate surface area is 198 Å². The fourth-order valence-electron chi connectivity index (χ4n) is 4.50. The molecule has 5 rings (SSSR count). The average molecular weight is 485 g/mol. The highest BCUT2D eigenvalue weighted by Crippen LogP contribution is 2.40. The highest BCUT2D eigenvalue weighted by Gasteiger charge is 2.30. The van der Waals surface area contributed by atoms with Gasteiger partial charge in [0.2, 0.25) is 10.0 Å². The van der Waals surface area contributed by atoms with Gasteiger partial charge in [-0.1, -0.05) is 24.6 Å². The van der Waals surface area contributed by atoms with Gasteiger partial charge in [-0.3, -0.25) is 4.79 Å². The Hall–Kier alpha value is -2.36. The Morgan fingerprint density at radius 2 is 1.85 bits per heavy atom. The first-order chi connectivity index (χ1) is 15.9. The number of benzene rings is 1. The molecule has 2 aliphatic rings. The quantitative estimate of drug-likeness (QED) is 0.563. The van der Waals surface area contributed by atoms with Crippen molar-refractivity contribution in [1.82, 2.24) is 19.6 Å². The van der Waals surface area contributed by atoms with Gasteiger partial charge in [0.1, 0.15) is 10.7 Å². The zero-order valence-electron chi connectivity index (χ0n) is 18.9. The summed E-state index contributed by atoms with van der Waals surface area (Å²) in [6, 6.07) is 6.94. The Morgan fingerprint density at radius 3 is 2.58 bits per heavy atom. The minimum absolute atomic E-state index is 0.147. The number of rotatable bonds is 6. The van der Waals surface area contributed by atoms with Crippen LogP contribution in [0.4, 0.5) is 0 Å². The van der Waals surface area contributed by atoms with E-state index in [1.165, 1.54) is 11.3 Å². The molecule has 1 aliphatic carbocycles. The van der Waals surface area contributed by atoms with Crippen molar-refractivity contribution in [3.63, 3.8) is 0 Å². The molecule has 1 saturated heterocycles. The van der Waals surface area contributed by atoms with Gasteiger partial charge in [-0.05, 0) is 56.7 Å². The number of hydrogen-bond acceptors (Lipinski definition) is 6. The summed E-state index contributed by atoms with van der Waals surface area (Å²) in [5.41, 5.74) is 2.39. The van der Waals surface area contributed by atoms with Crippen LogP contribution in [0, 0.1) is 13.8 Å². The predicted molar refractivity (Wildman–Crippen MR) is 129 cm³/mol. The van der Waals surface area contributed by atoms with E-state index in [2.05, 4.69) is 10.3 Å². The van der Waals surface area contributed by atoms with Gasteiger partial charge in [-0.2, -0.15) is 4.31 Å². The van der Waals surface area contributed by atoms with Crippen molar-refractivity contribution in [2.45, 2.75) is 63.3 Å². The summed E-state index contributed by atoms with van der Waals surface area (Å²) in [5.74, 6) is 1.12. The number of nitrogens with one attached hydrogen (secondary N) is 1. The lowest BCUT2D eigenvalue weighted by molar-refractivity contribution is 0.0954. The molecule has 1 saturated carbocycles. The van der Waals surface area contributed by atoms with Crippen LogP contribution in [0.5, 0.6) is 0 Å². The molecule has 33 heavy (non-hydrogen) atoms. The van der Waals surface area contributed by atoms with Gasteiger partial charge >= 0.3 is 0 Å². The van der Waals surface area contributed by atoms with E-state index in [1.807, 2.05) is 13.8 Å². The van der Waals surface area contributed by atoms with Crippen LogP contribution in [0.25, 0.3) is 10.2 Å². The lowest BCUT2D eigenvalue weighted by Crippen LogP contribution is -2.36. The number of aryl methyl sites for hydroxylation is 2. The third-order valence-corrected chi connectivity index (χ3v) is 9.67. The van der Waals surface area contributed by atoms with E-state index in [0.717, 1.165) is 59.4 Å². The average Bonchev–Trinajstić information content (AvgIpc) is 3.61. The van der Waals surface area contributed by atoms with Crippen LogP contribution in [0.3, 0.4) is 0 Å². The predicted octanol–water partition coefficient (Wildman–Crippen LogP) is 4.29. The van der Waals surface area contributed by atoms with Gasteiger partial charge < -0.3 is 5.32 Å². The first kappa shape index (κ1) is 22.4. The highest BCUT2D eigenvalue weighted by atomic mass is 32.2. The number of nitrogens with zero attached hydrogens (tertiary/aromatic N) is 3. The molecule has 7 nitrogen and oxygen atoms in total. The summed E-state index contributed by atoms with van der Waals surface area (Å²) < 4.78 is 28.0. The molecule has 0 radical (unpaired) electrons. The molecule has 1 aromatic carbocycles. The molecule has 2 fully saturated rings. The Bertz CT molecular complexity index is 1320. The lowest BCUT2D eigenvalue weighted by atomic mass is 10.1. The summed E-state index contributed by atoms with van der Waals surface area (Å²) in [4.78, 5) is 24.2.